The van der Waals surface area contributed by atoms with Gasteiger partial charge in [-0.15, -0.1) is 0 Å². The number of carbonyl (C=O) groups excluding carboxylic acids is 1. The molecule has 1 aliphatic heterocycles. The van der Waals surface area contributed by atoms with Gasteiger partial charge in [-0.2, -0.15) is 11.3 Å². The molecule has 1 amide bonds. The molecule has 1 fully saturated rings. The molecular formula is C29H38N4O2S. The van der Waals surface area contributed by atoms with Crippen LogP contribution in [-0.4, -0.2) is 54.6 Å². The number of anilines is 1. The molecule has 1 unspecified atom stereocenters. The number of hydrogen-bond acceptors (Lipinski definition) is 6. The van der Waals surface area contributed by atoms with E-state index in [2.05, 4.69) is 68.1 Å². The summed E-state index contributed by atoms with van der Waals surface area (Å²) in [7, 11) is 1.71. The summed E-state index contributed by atoms with van der Waals surface area (Å²) in [6.45, 7) is 9.86. The number of carbonyl (C=O) groups is 1. The molecule has 3 heterocycles. The number of rotatable bonds is 10. The number of likely N-dealkylation sites (tertiary alicyclic amines) is 1. The summed E-state index contributed by atoms with van der Waals surface area (Å²) in [5.74, 6) is 0.867. The lowest BCUT2D eigenvalue weighted by atomic mass is 9.99. The molecule has 0 saturated carbocycles. The van der Waals surface area contributed by atoms with Crippen LogP contribution in [0.4, 0.5) is 5.69 Å². The van der Waals surface area contributed by atoms with Gasteiger partial charge in [0.15, 0.2) is 0 Å². The number of pyridine rings is 1. The normalized spacial score (nSPS) is 15.4. The van der Waals surface area contributed by atoms with Crippen molar-refractivity contribution in [3.05, 3.63) is 75.7 Å². The molecule has 0 spiro atoms. The summed E-state index contributed by atoms with van der Waals surface area (Å²) < 4.78 is 5.37. The Bertz CT molecular complexity index is 1090. The van der Waals surface area contributed by atoms with Crippen molar-refractivity contribution < 1.29 is 9.53 Å². The maximum atomic E-state index is 12.7. The number of aryl methyl sites for hydroxylation is 2. The molecule has 1 atom stereocenters. The third kappa shape index (κ3) is 6.45. The van der Waals surface area contributed by atoms with Crippen LogP contribution in [0.25, 0.3) is 0 Å². The lowest BCUT2D eigenvalue weighted by Crippen LogP contribution is -2.48. The zero-order valence-corrected chi connectivity index (χ0v) is 22.7. The third-order valence-corrected chi connectivity index (χ3v) is 8.06. The van der Waals surface area contributed by atoms with Gasteiger partial charge in [0.05, 0.1) is 18.4 Å². The standard InChI is InChI=1S/C29H38N4O2S/c1-21-9-14-30-23(3)28(21)29(34)31-15-10-22(2)32-16-11-26(12-17-32)33(19-24-13-18-36-20-24)25-5-7-27(35-4)8-6-25/h5-9,13-14,18,20,22,26H,10-12,15-17,19H2,1-4H3,(H,31,34). The molecule has 0 aliphatic carbocycles. The summed E-state index contributed by atoms with van der Waals surface area (Å²) in [4.78, 5) is 22.1. The highest BCUT2D eigenvalue weighted by atomic mass is 32.1. The van der Waals surface area contributed by atoms with Crippen LogP contribution in [0.3, 0.4) is 0 Å². The van der Waals surface area contributed by atoms with E-state index in [4.69, 9.17) is 4.74 Å². The number of ether oxygens (including phenoxy) is 1. The number of nitrogens with zero attached hydrogens (tertiary/aromatic N) is 3. The smallest absolute Gasteiger partial charge is 0.253 e. The molecule has 192 valence electrons. The van der Waals surface area contributed by atoms with Gasteiger partial charge in [-0.25, -0.2) is 0 Å². The quantitative estimate of drug-likeness (QED) is 0.396. The zero-order valence-electron chi connectivity index (χ0n) is 21.9. The number of amides is 1. The number of hydrogen-bond donors (Lipinski definition) is 1. The van der Waals surface area contributed by atoms with Crippen molar-refractivity contribution >= 4 is 22.9 Å². The number of nitrogens with one attached hydrogen (secondary N) is 1. The number of aromatic nitrogens is 1. The summed E-state index contributed by atoms with van der Waals surface area (Å²) >= 11 is 1.76. The summed E-state index contributed by atoms with van der Waals surface area (Å²) in [5, 5.41) is 7.51. The monoisotopic (exact) mass is 506 g/mol. The van der Waals surface area contributed by atoms with Crippen LogP contribution < -0.4 is 15.0 Å². The van der Waals surface area contributed by atoms with Crippen LogP contribution in [0.1, 0.15) is 53.4 Å². The van der Waals surface area contributed by atoms with Crippen molar-refractivity contribution in [2.75, 3.05) is 31.6 Å². The van der Waals surface area contributed by atoms with Crippen LogP contribution in [0, 0.1) is 13.8 Å². The molecule has 0 bridgehead atoms. The number of piperidine rings is 1. The second kappa shape index (κ2) is 12.4. The predicted molar refractivity (Wildman–Crippen MR) is 148 cm³/mol. The molecule has 0 radical (unpaired) electrons. The summed E-state index contributed by atoms with van der Waals surface area (Å²) in [6.07, 6.45) is 4.94. The first-order valence-electron chi connectivity index (χ1n) is 12.8. The number of methoxy groups -OCH3 is 1. The first-order chi connectivity index (χ1) is 17.5. The van der Waals surface area contributed by atoms with E-state index in [1.165, 1.54) is 11.3 Å². The van der Waals surface area contributed by atoms with Crippen LogP contribution >= 0.6 is 11.3 Å². The molecule has 3 aromatic rings. The van der Waals surface area contributed by atoms with Gasteiger partial charge in [-0.3, -0.25) is 9.78 Å². The van der Waals surface area contributed by atoms with Gasteiger partial charge in [-0.1, -0.05) is 0 Å². The van der Waals surface area contributed by atoms with E-state index in [0.29, 0.717) is 24.2 Å². The Hall–Kier alpha value is -2.90. The Labute approximate surface area is 219 Å². The maximum Gasteiger partial charge on any atom is 0.253 e. The molecule has 36 heavy (non-hydrogen) atoms. The van der Waals surface area contributed by atoms with Gasteiger partial charge in [0.2, 0.25) is 0 Å². The number of thiophene rings is 1. The Balaban J connectivity index is 1.31. The molecular weight excluding hydrogens is 468 g/mol. The van der Waals surface area contributed by atoms with Crippen molar-refractivity contribution in [1.82, 2.24) is 15.2 Å². The van der Waals surface area contributed by atoms with Crippen molar-refractivity contribution in [3.8, 4) is 5.75 Å². The van der Waals surface area contributed by atoms with Gasteiger partial charge in [0.25, 0.3) is 5.91 Å². The fourth-order valence-corrected chi connectivity index (χ4v) is 5.79. The van der Waals surface area contributed by atoms with Crippen LogP contribution in [0.5, 0.6) is 5.75 Å². The van der Waals surface area contributed by atoms with Crippen LogP contribution in [0.15, 0.2) is 53.4 Å². The van der Waals surface area contributed by atoms with Crippen molar-refractivity contribution in [2.45, 2.75) is 58.7 Å². The Morgan fingerprint density at radius 1 is 1.19 bits per heavy atom. The lowest BCUT2D eigenvalue weighted by Gasteiger charge is -2.42. The minimum atomic E-state index is -0.0208. The van der Waals surface area contributed by atoms with Crippen molar-refractivity contribution in [2.24, 2.45) is 0 Å². The average molecular weight is 507 g/mol. The Kier molecular flexibility index (Phi) is 8.99. The molecule has 2 aromatic heterocycles. The first kappa shape index (κ1) is 26.2. The third-order valence-electron chi connectivity index (χ3n) is 7.32. The van der Waals surface area contributed by atoms with Gasteiger partial charge in [0.1, 0.15) is 5.75 Å². The summed E-state index contributed by atoms with van der Waals surface area (Å²) in [6, 6.07) is 13.5. The van der Waals surface area contributed by atoms with Crippen molar-refractivity contribution in [1.29, 1.82) is 0 Å². The van der Waals surface area contributed by atoms with E-state index in [9.17, 15) is 4.79 Å². The van der Waals surface area contributed by atoms with Crippen LogP contribution in [-0.2, 0) is 6.54 Å². The second-order valence-corrected chi connectivity index (χ2v) is 10.5. The number of benzene rings is 1. The van der Waals surface area contributed by atoms with E-state index < -0.39 is 0 Å². The topological polar surface area (TPSA) is 57.7 Å². The van der Waals surface area contributed by atoms with E-state index in [1.807, 2.05) is 19.9 Å². The van der Waals surface area contributed by atoms with Gasteiger partial charge < -0.3 is 19.9 Å². The molecule has 4 rings (SSSR count). The largest absolute Gasteiger partial charge is 0.497 e. The highest BCUT2D eigenvalue weighted by Gasteiger charge is 2.27. The van der Waals surface area contributed by atoms with E-state index >= 15 is 0 Å². The van der Waals surface area contributed by atoms with Gasteiger partial charge in [-0.05, 0) is 98.3 Å². The molecule has 1 saturated heterocycles. The molecule has 6 nitrogen and oxygen atoms in total. The molecule has 1 aromatic carbocycles. The van der Waals surface area contributed by atoms with E-state index in [-0.39, 0.29) is 5.91 Å². The Morgan fingerprint density at radius 2 is 1.94 bits per heavy atom. The van der Waals surface area contributed by atoms with Gasteiger partial charge >= 0.3 is 0 Å². The average Bonchev–Trinajstić information content (AvgIpc) is 3.41. The SMILES string of the molecule is COc1ccc(N(Cc2ccsc2)C2CCN(C(C)CCNC(=O)c3c(C)ccnc3C)CC2)cc1. The predicted octanol–water partition coefficient (Wildman–Crippen LogP) is 5.45. The molecule has 1 aliphatic rings. The summed E-state index contributed by atoms with van der Waals surface area (Å²) in [5.41, 5.74) is 5.07. The van der Waals surface area contributed by atoms with E-state index in [1.54, 1.807) is 24.6 Å². The zero-order chi connectivity index (χ0) is 25.5. The minimum absolute atomic E-state index is 0.0208. The minimum Gasteiger partial charge on any atom is -0.497 e. The highest BCUT2D eigenvalue weighted by molar-refractivity contribution is 7.07. The highest BCUT2D eigenvalue weighted by Crippen LogP contribution is 2.29. The van der Waals surface area contributed by atoms with Gasteiger partial charge in [0, 0.05) is 50.1 Å². The fraction of sp³-hybridized carbons (Fsp3) is 0.448. The fourth-order valence-electron chi connectivity index (χ4n) is 5.13. The second-order valence-electron chi connectivity index (χ2n) is 9.71. The van der Waals surface area contributed by atoms with Crippen LogP contribution in [0.2, 0.25) is 0 Å². The molecule has 1 N–H and O–H groups in total. The lowest BCUT2D eigenvalue weighted by molar-refractivity contribution is 0.0943. The van der Waals surface area contributed by atoms with E-state index in [0.717, 1.165) is 55.9 Å². The maximum absolute atomic E-state index is 12.7. The van der Waals surface area contributed by atoms with Crippen molar-refractivity contribution in [3.63, 3.8) is 0 Å². The molecule has 7 heteroatoms. The Morgan fingerprint density at radius 3 is 2.58 bits per heavy atom. The first-order valence-corrected chi connectivity index (χ1v) is 13.8.